The largest absolute Gasteiger partial charge is 0.0585 e. The molecule has 4 aliphatic carbocycles. The maximum absolute atomic E-state index is 2.55. The maximum atomic E-state index is 2.55. The van der Waals surface area contributed by atoms with Gasteiger partial charge in [-0.05, 0) is 127 Å². The van der Waals surface area contributed by atoms with Crippen molar-refractivity contribution in [1.29, 1.82) is 0 Å². The van der Waals surface area contributed by atoms with Crippen LogP contribution < -0.4 is 0 Å². The topological polar surface area (TPSA) is 0 Å². The first-order valence-corrected chi connectivity index (χ1v) is 11.6. The molecule has 4 aliphatic rings. The molecule has 2 aromatic carbocycles. The number of hydrogen-bond acceptors (Lipinski definition) is 0. The smallest absolute Gasteiger partial charge is 0.0111 e. The van der Waals surface area contributed by atoms with Crippen LogP contribution in [0, 0.1) is 5.41 Å². The number of fused-ring (bicyclic) bond motifs is 7. The predicted molar refractivity (Wildman–Crippen MR) is 113 cm³/mol. The van der Waals surface area contributed by atoms with E-state index in [1.807, 2.05) is 0 Å². The van der Waals surface area contributed by atoms with Crippen molar-refractivity contribution in [2.24, 2.45) is 5.41 Å². The maximum Gasteiger partial charge on any atom is -0.0111 e. The van der Waals surface area contributed by atoms with Gasteiger partial charge in [0.05, 0.1) is 0 Å². The lowest BCUT2D eigenvalue weighted by molar-refractivity contribution is 0.294. The minimum absolute atomic E-state index is 0.547. The predicted octanol–water partition coefficient (Wildman–Crippen LogP) is 6.77. The number of benzene rings is 2. The van der Waals surface area contributed by atoms with Crippen molar-refractivity contribution in [3.05, 3.63) is 57.6 Å². The number of rotatable bonds is 0. The third-order valence-corrected chi connectivity index (χ3v) is 8.28. The van der Waals surface area contributed by atoms with Crippen LogP contribution in [0.5, 0.6) is 0 Å². The van der Waals surface area contributed by atoms with Gasteiger partial charge < -0.3 is 0 Å². The van der Waals surface area contributed by atoms with Crippen LogP contribution in [-0.2, 0) is 38.5 Å². The summed E-state index contributed by atoms with van der Waals surface area (Å²) in [5.74, 6) is 0. The summed E-state index contributed by atoms with van der Waals surface area (Å²) in [6, 6.07) is 10.1. The molecule has 0 heterocycles. The van der Waals surface area contributed by atoms with Crippen LogP contribution in [0.1, 0.15) is 84.7 Å². The van der Waals surface area contributed by atoms with Gasteiger partial charge in [-0.25, -0.2) is 0 Å². The first-order chi connectivity index (χ1) is 13.3. The standard InChI is InChI=1S/C27H32/c1-3-9-23-19(7-1)11-13-21-17-27(15-5-6-16-27)18-22-14-12-20-8-2-4-10-24(20)26(22)25(21)23/h11-14H,1-10,15-18H2. The molecule has 27 heavy (non-hydrogen) atoms. The second kappa shape index (κ2) is 6.23. The average Bonchev–Trinajstić information content (AvgIpc) is 3.10. The Morgan fingerprint density at radius 2 is 0.926 bits per heavy atom. The molecule has 0 amide bonds. The van der Waals surface area contributed by atoms with Gasteiger partial charge in [-0.15, -0.1) is 0 Å². The van der Waals surface area contributed by atoms with Gasteiger partial charge >= 0.3 is 0 Å². The van der Waals surface area contributed by atoms with Gasteiger partial charge in [0.1, 0.15) is 0 Å². The Morgan fingerprint density at radius 3 is 1.44 bits per heavy atom. The van der Waals surface area contributed by atoms with Crippen molar-refractivity contribution in [1.82, 2.24) is 0 Å². The molecule has 1 fully saturated rings. The summed E-state index contributed by atoms with van der Waals surface area (Å²) in [5, 5.41) is 0. The molecule has 1 saturated carbocycles. The highest BCUT2D eigenvalue weighted by atomic mass is 14.4. The van der Waals surface area contributed by atoms with E-state index in [0.29, 0.717) is 5.41 Å². The normalized spacial score (nSPS) is 22.5. The molecule has 140 valence electrons. The Morgan fingerprint density at radius 1 is 0.481 bits per heavy atom. The van der Waals surface area contributed by atoms with Gasteiger partial charge in [-0.2, -0.15) is 0 Å². The van der Waals surface area contributed by atoms with Crippen molar-refractivity contribution < 1.29 is 0 Å². The molecular weight excluding hydrogens is 324 g/mol. The Bertz CT molecular complexity index is 825. The molecule has 0 bridgehead atoms. The Hall–Kier alpha value is -1.56. The van der Waals surface area contributed by atoms with Crippen LogP contribution >= 0.6 is 0 Å². The quantitative estimate of drug-likeness (QED) is 0.488. The molecule has 0 heteroatoms. The van der Waals surface area contributed by atoms with Crippen LogP contribution in [0.4, 0.5) is 0 Å². The Balaban J connectivity index is 1.65. The molecule has 0 unspecified atom stereocenters. The summed E-state index contributed by atoms with van der Waals surface area (Å²) < 4.78 is 0. The Kier molecular flexibility index (Phi) is 3.78. The lowest BCUT2D eigenvalue weighted by Gasteiger charge is -2.28. The second-order valence-electron chi connectivity index (χ2n) is 9.95. The van der Waals surface area contributed by atoms with E-state index in [1.165, 1.54) is 89.9 Å². The van der Waals surface area contributed by atoms with E-state index >= 15 is 0 Å². The second-order valence-corrected chi connectivity index (χ2v) is 9.95. The molecule has 0 radical (unpaired) electrons. The monoisotopic (exact) mass is 356 g/mol. The van der Waals surface area contributed by atoms with Crippen LogP contribution in [0.3, 0.4) is 0 Å². The van der Waals surface area contributed by atoms with Gasteiger partial charge in [0, 0.05) is 0 Å². The number of aryl methyl sites for hydroxylation is 2. The molecule has 0 N–H and O–H groups in total. The zero-order chi connectivity index (χ0) is 17.8. The van der Waals surface area contributed by atoms with Crippen LogP contribution in [0.25, 0.3) is 11.1 Å². The van der Waals surface area contributed by atoms with E-state index < -0.39 is 0 Å². The summed E-state index contributed by atoms with van der Waals surface area (Å²) in [6.45, 7) is 0. The summed E-state index contributed by atoms with van der Waals surface area (Å²) in [6.07, 6.45) is 19.2. The van der Waals surface area contributed by atoms with E-state index in [4.69, 9.17) is 0 Å². The van der Waals surface area contributed by atoms with Crippen molar-refractivity contribution >= 4 is 0 Å². The highest BCUT2D eigenvalue weighted by Gasteiger charge is 2.39. The molecule has 1 spiro atoms. The van der Waals surface area contributed by atoms with Crippen LogP contribution in [0.15, 0.2) is 24.3 Å². The fraction of sp³-hybridized carbons (Fsp3) is 0.556. The fourth-order valence-electron chi connectivity index (χ4n) is 7.02. The van der Waals surface area contributed by atoms with Gasteiger partial charge in [-0.1, -0.05) is 37.1 Å². The molecule has 0 nitrogen and oxygen atoms in total. The van der Waals surface area contributed by atoms with Gasteiger partial charge in [0.2, 0.25) is 0 Å². The van der Waals surface area contributed by atoms with Crippen molar-refractivity contribution in [2.75, 3.05) is 0 Å². The average molecular weight is 357 g/mol. The molecule has 0 aromatic heterocycles. The fourth-order valence-corrected chi connectivity index (χ4v) is 7.02. The van der Waals surface area contributed by atoms with E-state index in [1.54, 1.807) is 44.5 Å². The van der Waals surface area contributed by atoms with Gasteiger partial charge in [0.25, 0.3) is 0 Å². The zero-order valence-electron chi connectivity index (χ0n) is 16.7. The van der Waals surface area contributed by atoms with Gasteiger partial charge in [-0.3, -0.25) is 0 Å². The first-order valence-electron chi connectivity index (χ1n) is 11.6. The summed E-state index contributed by atoms with van der Waals surface area (Å²) in [7, 11) is 0. The van der Waals surface area contributed by atoms with Crippen LogP contribution in [-0.4, -0.2) is 0 Å². The highest BCUT2D eigenvalue weighted by molar-refractivity contribution is 5.80. The first kappa shape index (κ1) is 16.4. The van der Waals surface area contributed by atoms with E-state index in [2.05, 4.69) is 24.3 Å². The molecular formula is C27H32. The highest BCUT2D eigenvalue weighted by Crippen LogP contribution is 2.52. The number of hydrogen-bond donors (Lipinski definition) is 0. The van der Waals surface area contributed by atoms with Crippen molar-refractivity contribution in [2.45, 2.75) is 89.9 Å². The molecule has 2 aromatic rings. The van der Waals surface area contributed by atoms with E-state index in [-0.39, 0.29) is 0 Å². The Labute approximate surface area is 164 Å². The summed E-state index contributed by atoms with van der Waals surface area (Å²) >= 11 is 0. The summed E-state index contributed by atoms with van der Waals surface area (Å²) in [5.41, 5.74) is 14.2. The minimum atomic E-state index is 0.547. The van der Waals surface area contributed by atoms with E-state index in [0.717, 1.165) is 0 Å². The van der Waals surface area contributed by atoms with E-state index in [9.17, 15) is 0 Å². The van der Waals surface area contributed by atoms with Crippen molar-refractivity contribution in [3.8, 4) is 11.1 Å². The third-order valence-electron chi connectivity index (χ3n) is 8.28. The third kappa shape index (κ3) is 2.55. The summed E-state index contributed by atoms with van der Waals surface area (Å²) in [4.78, 5) is 0. The van der Waals surface area contributed by atoms with Gasteiger partial charge in [0.15, 0.2) is 0 Å². The molecule has 0 atom stereocenters. The lowest BCUT2D eigenvalue weighted by atomic mass is 9.76. The molecule has 0 saturated heterocycles. The molecule has 6 rings (SSSR count). The SMILES string of the molecule is c1cc2c(c3c1CCCC3)-c1c(ccc3c1CCCC3)CC1(CCCC1)C2. The minimum Gasteiger partial charge on any atom is -0.0585 e. The lowest BCUT2D eigenvalue weighted by Crippen LogP contribution is -2.22. The zero-order valence-corrected chi connectivity index (χ0v) is 16.7. The molecule has 0 aliphatic heterocycles. The van der Waals surface area contributed by atoms with Crippen molar-refractivity contribution in [3.63, 3.8) is 0 Å². The van der Waals surface area contributed by atoms with Crippen LogP contribution in [0.2, 0.25) is 0 Å².